The lowest BCUT2D eigenvalue weighted by molar-refractivity contribution is 0.666. The van der Waals surface area contributed by atoms with Crippen LogP contribution < -0.4 is 0 Å². The highest BCUT2D eigenvalue weighted by atomic mass is 16.3. The van der Waals surface area contributed by atoms with Crippen LogP contribution in [0.5, 0.6) is 0 Å². The standard InChI is InChI=1S/C42H26N2O/c1-2-12-27(13-3-1)28-14-10-15-29(26-28)43-34-20-7-4-17-32(34)40-36(43)24-25-37-41(40)33-18-5-8-21-35(33)44(37)38-22-11-19-31-30-16-6-9-23-39(30)45-42(31)38/h1-26H. The number of furan rings is 1. The summed E-state index contributed by atoms with van der Waals surface area (Å²) in [6.07, 6.45) is 0. The third-order valence-electron chi connectivity index (χ3n) is 9.31. The molecule has 0 aliphatic rings. The van der Waals surface area contributed by atoms with Gasteiger partial charge >= 0.3 is 0 Å². The van der Waals surface area contributed by atoms with Crippen LogP contribution in [-0.2, 0) is 0 Å². The molecular weight excluding hydrogens is 548 g/mol. The van der Waals surface area contributed by atoms with Crippen molar-refractivity contribution in [2.24, 2.45) is 0 Å². The van der Waals surface area contributed by atoms with Gasteiger partial charge in [0.25, 0.3) is 0 Å². The Morgan fingerprint density at radius 1 is 0.378 bits per heavy atom. The van der Waals surface area contributed by atoms with Gasteiger partial charge < -0.3 is 13.6 Å². The molecule has 0 saturated heterocycles. The topological polar surface area (TPSA) is 23.0 Å². The maximum Gasteiger partial charge on any atom is 0.159 e. The summed E-state index contributed by atoms with van der Waals surface area (Å²) in [5.41, 5.74) is 11.1. The molecule has 3 nitrogen and oxygen atoms in total. The summed E-state index contributed by atoms with van der Waals surface area (Å²) in [5.74, 6) is 0. The predicted octanol–water partition coefficient (Wildman–Crippen LogP) is 11.4. The van der Waals surface area contributed by atoms with Gasteiger partial charge in [-0.25, -0.2) is 0 Å². The molecule has 10 aromatic rings. The van der Waals surface area contributed by atoms with Crippen LogP contribution in [0, 0.1) is 0 Å². The van der Waals surface area contributed by atoms with E-state index in [1.165, 1.54) is 43.7 Å². The molecule has 210 valence electrons. The van der Waals surface area contributed by atoms with Gasteiger partial charge in [-0.1, -0.05) is 109 Å². The molecule has 0 aliphatic carbocycles. The summed E-state index contributed by atoms with van der Waals surface area (Å²) in [6, 6.07) is 56.4. The van der Waals surface area contributed by atoms with Crippen LogP contribution >= 0.6 is 0 Å². The number of aromatic nitrogens is 2. The Morgan fingerprint density at radius 2 is 0.956 bits per heavy atom. The van der Waals surface area contributed by atoms with E-state index in [4.69, 9.17) is 4.42 Å². The number of rotatable bonds is 3. The molecule has 0 bridgehead atoms. The normalized spacial score (nSPS) is 12.0. The first-order chi connectivity index (χ1) is 22.3. The van der Waals surface area contributed by atoms with Crippen molar-refractivity contribution in [1.29, 1.82) is 0 Å². The summed E-state index contributed by atoms with van der Waals surface area (Å²) in [5, 5.41) is 7.26. The number of nitrogens with zero attached hydrogens (tertiary/aromatic N) is 2. The van der Waals surface area contributed by atoms with Crippen LogP contribution in [0.2, 0.25) is 0 Å². The highest BCUT2D eigenvalue weighted by Gasteiger charge is 2.22. The van der Waals surface area contributed by atoms with Gasteiger partial charge in [0.05, 0.1) is 27.8 Å². The second-order valence-corrected chi connectivity index (χ2v) is 11.7. The average molecular weight is 575 g/mol. The summed E-state index contributed by atoms with van der Waals surface area (Å²) < 4.78 is 11.4. The van der Waals surface area contributed by atoms with Crippen LogP contribution in [0.25, 0.3) is 88.1 Å². The molecule has 45 heavy (non-hydrogen) atoms. The minimum atomic E-state index is 0.904. The van der Waals surface area contributed by atoms with Crippen LogP contribution in [0.3, 0.4) is 0 Å². The summed E-state index contributed by atoms with van der Waals surface area (Å²) in [7, 11) is 0. The molecular formula is C42H26N2O. The minimum Gasteiger partial charge on any atom is -0.454 e. The fraction of sp³-hybridized carbons (Fsp3) is 0. The van der Waals surface area contributed by atoms with E-state index in [9.17, 15) is 0 Å². The van der Waals surface area contributed by atoms with Gasteiger partial charge in [-0.2, -0.15) is 0 Å². The molecule has 7 aromatic carbocycles. The van der Waals surface area contributed by atoms with E-state index in [2.05, 4.69) is 161 Å². The van der Waals surface area contributed by atoms with Gasteiger partial charge in [0.1, 0.15) is 5.58 Å². The van der Waals surface area contributed by atoms with E-state index in [0.717, 1.165) is 44.3 Å². The second kappa shape index (κ2) is 9.22. The van der Waals surface area contributed by atoms with Gasteiger partial charge in [0.2, 0.25) is 0 Å². The third kappa shape index (κ3) is 3.41. The first kappa shape index (κ1) is 24.4. The summed E-state index contributed by atoms with van der Waals surface area (Å²) >= 11 is 0. The molecule has 0 saturated carbocycles. The Kier molecular flexibility index (Phi) is 5.00. The van der Waals surface area contributed by atoms with Crippen molar-refractivity contribution in [3.63, 3.8) is 0 Å². The van der Waals surface area contributed by atoms with E-state index in [-0.39, 0.29) is 0 Å². The molecule has 0 spiro atoms. The van der Waals surface area contributed by atoms with Gasteiger partial charge in [0.15, 0.2) is 5.58 Å². The van der Waals surface area contributed by atoms with Crippen molar-refractivity contribution >= 4 is 65.6 Å². The predicted molar refractivity (Wildman–Crippen MR) is 188 cm³/mol. The Morgan fingerprint density at radius 3 is 1.73 bits per heavy atom. The molecule has 0 amide bonds. The fourth-order valence-corrected chi connectivity index (χ4v) is 7.42. The van der Waals surface area contributed by atoms with Crippen LogP contribution in [-0.4, -0.2) is 9.13 Å². The van der Waals surface area contributed by atoms with Crippen LogP contribution in [0.15, 0.2) is 162 Å². The zero-order valence-corrected chi connectivity index (χ0v) is 24.3. The number of benzene rings is 7. The monoisotopic (exact) mass is 574 g/mol. The second-order valence-electron chi connectivity index (χ2n) is 11.7. The van der Waals surface area contributed by atoms with E-state index < -0.39 is 0 Å². The Hall–Kier alpha value is -6.06. The number of hydrogen-bond acceptors (Lipinski definition) is 1. The van der Waals surface area contributed by atoms with Crippen molar-refractivity contribution < 1.29 is 4.42 Å². The lowest BCUT2D eigenvalue weighted by Crippen LogP contribution is -1.95. The SMILES string of the molecule is c1ccc(-c2cccc(-n3c4ccccc4c4c5c6ccccc6n(-c6cccc7c6oc6ccccc67)c5ccc43)c2)cc1. The molecule has 0 unspecified atom stereocenters. The quantitative estimate of drug-likeness (QED) is 0.206. The molecule has 10 rings (SSSR count). The first-order valence-electron chi connectivity index (χ1n) is 15.4. The van der Waals surface area contributed by atoms with Crippen LogP contribution in [0.4, 0.5) is 0 Å². The largest absolute Gasteiger partial charge is 0.454 e. The van der Waals surface area contributed by atoms with E-state index >= 15 is 0 Å². The molecule has 3 heterocycles. The van der Waals surface area contributed by atoms with Gasteiger partial charge in [-0.3, -0.25) is 0 Å². The van der Waals surface area contributed by atoms with Crippen molar-refractivity contribution in [3.8, 4) is 22.5 Å². The van der Waals surface area contributed by atoms with E-state index in [1.807, 2.05) is 6.07 Å². The summed E-state index contributed by atoms with van der Waals surface area (Å²) in [4.78, 5) is 0. The van der Waals surface area contributed by atoms with Crippen molar-refractivity contribution in [2.45, 2.75) is 0 Å². The number of fused-ring (bicyclic) bond motifs is 10. The molecule has 3 aromatic heterocycles. The summed E-state index contributed by atoms with van der Waals surface area (Å²) in [6.45, 7) is 0. The van der Waals surface area contributed by atoms with E-state index in [1.54, 1.807) is 0 Å². The highest BCUT2D eigenvalue weighted by molar-refractivity contribution is 6.29. The molecule has 0 atom stereocenters. The Labute approximate surface area is 258 Å². The highest BCUT2D eigenvalue weighted by Crippen LogP contribution is 2.44. The fourth-order valence-electron chi connectivity index (χ4n) is 7.42. The molecule has 0 N–H and O–H groups in total. The van der Waals surface area contributed by atoms with Crippen molar-refractivity contribution in [3.05, 3.63) is 158 Å². The van der Waals surface area contributed by atoms with Gasteiger partial charge in [0, 0.05) is 38.0 Å². The maximum absolute atomic E-state index is 6.55. The smallest absolute Gasteiger partial charge is 0.159 e. The zero-order valence-electron chi connectivity index (χ0n) is 24.3. The van der Waals surface area contributed by atoms with E-state index in [0.29, 0.717) is 0 Å². The zero-order chi connectivity index (χ0) is 29.5. The minimum absolute atomic E-state index is 0.904. The number of hydrogen-bond donors (Lipinski definition) is 0. The lowest BCUT2D eigenvalue weighted by atomic mass is 10.0. The van der Waals surface area contributed by atoms with Crippen molar-refractivity contribution in [1.82, 2.24) is 9.13 Å². The first-order valence-corrected chi connectivity index (χ1v) is 15.4. The number of para-hydroxylation sites is 4. The molecule has 0 aliphatic heterocycles. The van der Waals surface area contributed by atoms with Crippen LogP contribution in [0.1, 0.15) is 0 Å². The van der Waals surface area contributed by atoms with Gasteiger partial charge in [-0.15, -0.1) is 0 Å². The third-order valence-corrected chi connectivity index (χ3v) is 9.31. The van der Waals surface area contributed by atoms with Crippen molar-refractivity contribution in [2.75, 3.05) is 0 Å². The Bertz CT molecular complexity index is 2760. The average Bonchev–Trinajstić information content (AvgIpc) is 3.76. The Balaban J connectivity index is 1.32. The molecule has 0 radical (unpaired) electrons. The van der Waals surface area contributed by atoms with Gasteiger partial charge in [-0.05, 0) is 59.7 Å². The lowest BCUT2D eigenvalue weighted by Gasteiger charge is -2.11. The molecule has 0 fully saturated rings. The molecule has 3 heteroatoms. The maximum atomic E-state index is 6.55.